The highest BCUT2D eigenvalue weighted by molar-refractivity contribution is 6.07. The van der Waals surface area contributed by atoms with Gasteiger partial charge in [0.15, 0.2) is 5.58 Å². The second-order valence-corrected chi connectivity index (χ2v) is 16.4. The summed E-state index contributed by atoms with van der Waals surface area (Å²) in [7, 11) is 0. The summed E-state index contributed by atoms with van der Waals surface area (Å²) in [5, 5.41) is 6.99. The molecule has 0 atom stereocenters. The van der Waals surface area contributed by atoms with E-state index in [1.165, 1.54) is 49.4 Å². The van der Waals surface area contributed by atoms with E-state index in [0.717, 1.165) is 61.2 Å². The monoisotopic (exact) mass is 816 g/mol. The van der Waals surface area contributed by atoms with Crippen molar-refractivity contribution in [2.45, 2.75) is 0 Å². The minimum atomic E-state index is 0.618. The fourth-order valence-electron chi connectivity index (χ4n) is 9.13. The summed E-state index contributed by atoms with van der Waals surface area (Å²) in [4.78, 5) is 7.45. The van der Waals surface area contributed by atoms with Crippen LogP contribution < -0.4 is 4.90 Å². The molecule has 12 aromatic rings. The zero-order chi connectivity index (χ0) is 42.4. The average Bonchev–Trinajstić information content (AvgIpc) is 3.82. The van der Waals surface area contributed by atoms with Gasteiger partial charge in [-0.05, 0) is 133 Å². The molecule has 0 aliphatic heterocycles. The molecule has 0 spiro atoms. The van der Waals surface area contributed by atoms with E-state index in [4.69, 9.17) is 9.40 Å². The normalized spacial score (nSPS) is 11.4. The fourth-order valence-corrected chi connectivity index (χ4v) is 9.13. The number of benzene rings is 11. The molecule has 3 nitrogen and oxygen atoms in total. The van der Waals surface area contributed by atoms with Gasteiger partial charge in [0.2, 0.25) is 5.89 Å². The Kier molecular flexibility index (Phi) is 9.16. The number of aromatic nitrogens is 1. The topological polar surface area (TPSA) is 29.3 Å². The van der Waals surface area contributed by atoms with Crippen LogP contribution in [0.2, 0.25) is 0 Å². The zero-order valence-corrected chi connectivity index (χ0v) is 34.9. The van der Waals surface area contributed by atoms with E-state index in [-0.39, 0.29) is 0 Å². The summed E-state index contributed by atoms with van der Waals surface area (Å²) >= 11 is 0. The van der Waals surface area contributed by atoms with Crippen LogP contribution in [0.3, 0.4) is 0 Å². The minimum Gasteiger partial charge on any atom is -0.436 e. The second-order valence-electron chi connectivity index (χ2n) is 16.4. The first-order valence-corrected chi connectivity index (χ1v) is 21.8. The predicted molar refractivity (Wildman–Crippen MR) is 268 cm³/mol. The lowest BCUT2D eigenvalue weighted by Gasteiger charge is -2.28. The van der Waals surface area contributed by atoms with E-state index in [0.29, 0.717) is 5.89 Å². The van der Waals surface area contributed by atoms with Gasteiger partial charge in [-0.2, -0.15) is 0 Å². The van der Waals surface area contributed by atoms with Gasteiger partial charge in [-0.25, -0.2) is 4.98 Å². The van der Waals surface area contributed by atoms with E-state index >= 15 is 0 Å². The van der Waals surface area contributed by atoms with Crippen LogP contribution >= 0.6 is 0 Å². The summed E-state index contributed by atoms with van der Waals surface area (Å²) in [5.74, 6) is 0.618. The van der Waals surface area contributed by atoms with Crippen molar-refractivity contribution in [2.24, 2.45) is 0 Å². The molecule has 0 bridgehead atoms. The maximum absolute atomic E-state index is 6.36. The summed E-state index contributed by atoms with van der Waals surface area (Å²) in [6.45, 7) is 0. The molecule has 0 saturated carbocycles. The zero-order valence-electron chi connectivity index (χ0n) is 34.9. The number of hydrogen-bond donors (Lipinski definition) is 0. The molecule has 0 fully saturated rings. The van der Waals surface area contributed by atoms with Crippen LogP contribution in [-0.2, 0) is 0 Å². The number of rotatable bonds is 8. The Morgan fingerprint density at radius 1 is 0.297 bits per heavy atom. The van der Waals surface area contributed by atoms with Crippen LogP contribution in [0.1, 0.15) is 0 Å². The van der Waals surface area contributed by atoms with Crippen LogP contribution in [0.15, 0.2) is 247 Å². The van der Waals surface area contributed by atoms with Gasteiger partial charge in [-0.3, -0.25) is 0 Å². The van der Waals surface area contributed by atoms with Crippen LogP contribution in [0.4, 0.5) is 17.1 Å². The fraction of sp³-hybridized carbons (Fsp3) is 0. The Hall–Kier alpha value is -8.53. The minimum absolute atomic E-state index is 0.618. The Bertz CT molecular complexity index is 3630. The number of hydrogen-bond acceptors (Lipinski definition) is 3. The van der Waals surface area contributed by atoms with Crippen molar-refractivity contribution in [1.82, 2.24) is 4.98 Å². The molecule has 0 aliphatic rings. The van der Waals surface area contributed by atoms with Crippen molar-refractivity contribution in [3.63, 3.8) is 0 Å². The van der Waals surface area contributed by atoms with Crippen molar-refractivity contribution in [2.75, 3.05) is 4.90 Å². The molecular weight excluding hydrogens is 777 g/mol. The number of nitrogens with zero attached hydrogens (tertiary/aromatic N) is 2. The lowest BCUT2D eigenvalue weighted by Crippen LogP contribution is -2.10. The maximum atomic E-state index is 6.36. The summed E-state index contributed by atoms with van der Waals surface area (Å²) in [6, 6.07) is 86.9. The third kappa shape index (κ3) is 6.86. The molecule has 0 amide bonds. The van der Waals surface area contributed by atoms with E-state index < -0.39 is 0 Å². The Balaban J connectivity index is 0.948. The standard InChI is InChI=1S/C61H40N2O/c1-3-11-41(12-4-1)44-19-22-47(23-20-44)61-62-60-57-35-29-50(38-52(57)30-36-59(60)64-61)53-39-51-17-9-10-18-56(51)58(40-53)63(54-31-25-45(26-32-54)42-13-5-2-6-14-42)55-33-27-46(28-34-55)49-24-21-43-15-7-8-16-48(43)37-49/h1-40H. The van der Waals surface area contributed by atoms with E-state index in [1.54, 1.807) is 0 Å². The molecule has 0 radical (unpaired) electrons. The first-order chi connectivity index (χ1) is 31.7. The third-order valence-electron chi connectivity index (χ3n) is 12.5. The Morgan fingerprint density at radius 3 is 1.44 bits per heavy atom. The smallest absolute Gasteiger partial charge is 0.227 e. The van der Waals surface area contributed by atoms with Gasteiger partial charge in [0.05, 0.1) is 5.69 Å². The summed E-state index contributed by atoms with van der Waals surface area (Å²) in [5.41, 5.74) is 15.2. The van der Waals surface area contributed by atoms with Crippen molar-refractivity contribution in [1.29, 1.82) is 0 Å². The lowest BCUT2D eigenvalue weighted by molar-refractivity contribution is 0.620. The van der Waals surface area contributed by atoms with Gasteiger partial charge in [-0.1, -0.05) is 176 Å². The van der Waals surface area contributed by atoms with Crippen LogP contribution in [0.5, 0.6) is 0 Å². The average molecular weight is 817 g/mol. The third-order valence-corrected chi connectivity index (χ3v) is 12.5. The van der Waals surface area contributed by atoms with Crippen LogP contribution in [-0.4, -0.2) is 4.98 Å². The summed E-state index contributed by atoms with van der Waals surface area (Å²) in [6.07, 6.45) is 0. The van der Waals surface area contributed by atoms with Gasteiger partial charge in [-0.15, -0.1) is 0 Å². The molecule has 0 unspecified atom stereocenters. The molecule has 0 N–H and O–H groups in total. The highest BCUT2D eigenvalue weighted by Crippen LogP contribution is 2.43. The van der Waals surface area contributed by atoms with Gasteiger partial charge in [0.1, 0.15) is 5.52 Å². The van der Waals surface area contributed by atoms with Crippen LogP contribution in [0, 0.1) is 0 Å². The first-order valence-electron chi connectivity index (χ1n) is 21.8. The van der Waals surface area contributed by atoms with Crippen molar-refractivity contribution >= 4 is 60.5 Å². The molecule has 0 aliphatic carbocycles. The molecule has 12 rings (SSSR count). The molecule has 3 heteroatoms. The van der Waals surface area contributed by atoms with E-state index in [1.807, 2.05) is 12.1 Å². The molecular formula is C61H40N2O. The van der Waals surface area contributed by atoms with Crippen molar-refractivity contribution in [3.8, 4) is 56.0 Å². The van der Waals surface area contributed by atoms with Gasteiger partial charge >= 0.3 is 0 Å². The molecule has 300 valence electrons. The Labute approximate surface area is 371 Å². The number of fused-ring (bicyclic) bond motifs is 5. The van der Waals surface area contributed by atoms with Gasteiger partial charge < -0.3 is 9.32 Å². The summed E-state index contributed by atoms with van der Waals surface area (Å²) < 4.78 is 6.36. The first kappa shape index (κ1) is 37.2. The SMILES string of the molecule is c1ccc(-c2ccc(-c3nc4c(ccc5cc(-c6cc(N(c7ccc(-c8ccccc8)cc7)c7ccc(-c8ccc9ccccc9c8)cc7)c7ccccc7c6)ccc54)o3)cc2)cc1. The maximum Gasteiger partial charge on any atom is 0.227 e. The van der Waals surface area contributed by atoms with E-state index in [2.05, 4.69) is 235 Å². The lowest BCUT2D eigenvalue weighted by atomic mass is 9.96. The Morgan fingerprint density at radius 2 is 0.750 bits per heavy atom. The quantitative estimate of drug-likeness (QED) is 0.153. The molecule has 1 aromatic heterocycles. The highest BCUT2D eigenvalue weighted by Gasteiger charge is 2.19. The molecule has 1 heterocycles. The largest absolute Gasteiger partial charge is 0.436 e. The van der Waals surface area contributed by atoms with Crippen molar-refractivity contribution in [3.05, 3.63) is 243 Å². The van der Waals surface area contributed by atoms with Crippen LogP contribution in [0.25, 0.3) is 99.4 Å². The second kappa shape index (κ2) is 15.7. The number of oxazole rings is 1. The number of anilines is 3. The van der Waals surface area contributed by atoms with Gasteiger partial charge in [0, 0.05) is 27.7 Å². The predicted octanol–water partition coefficient (Wildman–Crippen LogP) is 17.1. The molecule has 64 heavy (non-hydrogen) atoms. The highest BCUT2D eigenvalue weighted by atomic mass is 16.3. The molecule has 11 aromatic carbocycles. The van der Waals surface area contributed by atoms with E-state index in [9.17, 15) is 0 Å². The van der Waals surface area contributed by atoms with Gasteiger partial charge in [0.25, 0.3) is 0 Å². The molecule has 0 saturated heterocycles. The van der Waals surface area contributed by atoms with Crippen molar-refractivity contribution < 1.29 is 4.42 Å².